The molecule has 0 atom stereocenters. The van der Waals surface area contributed by atoms with Crippen LogP contribution < -0.4 is 11.2 Å². The van der Waals surface area contributed by atoms with Crippen LogP contribution in [0.25, 0.3) is 0 Å². The van der Waals surface area contributed by atoms with Crippen LogP contribution in [0.4, 0.5) is 0 Å². The van der Waals surface area contributed by atoms with E-state index in [0.717, 1.165) is 10.1 Å². The number of carbonyl (C=O) groups is 1. The van der Waals surface area contributed by atoms with Gasteiger partial charge in [-0.1, -0.05) is 30.3 Å². The van der Waals surface area contributed by atoms with Crippen LogP contribution >= 0.6 is 0 Å². The van der Waals surface area contributed by atoms with E-state index in [1.165, 1.54) is 29.8 Å². The number of hydrogen-bond acceptors (Lipinski definition) is 3. The lowest BCUT2D eigenvalue weighted by atomic mass is 10.2. The van der Waals surface area contributed by atoms with Gasteiger partial charge >= 0.3 is 5.69 Å². The van der Waals surface area contributed by atoms with Crippen LogP contribution in [0.2, 0.25) is 0 Å². The van der Waals surface area contributed by atoms with Crippen molar-refractivity contribution in [1.29, 1.82) is 0 Å². The Labute approximate surface area is 121 Å². The van der Waals surface area contributed by atoms with Gasteiger partial charge in [0.25, 0.3) is 11.5 Å². The third-order valence-corrected chi connectivity index (χ3v) is 3.29. The molecule has 1 aromatic heterocycles. The Hall–Kier alpha value is -2.63. The summed E-state index contributed by atoms with van der Waals surface area (Å²) >= 11 is 0. The predicted octanol–water partition coefficient (Wildman–Crippen LogP) is 0.356. The van der Waals surface area contributed by atoms with E-state index in [0.29, 0.717) is 6.54 Å². The first-order chi connectivity index (χ1) is 9.91. The zero-order valence-corrected chi connectivity index (χ0v) is 12.2. The number of aryl methyl sites for hydroxylation is 1. The molecule has 6 heteroatoms. The van der Waals surface area contributed by atoms with Gasteiger partial charge in [0.2, 0.25) is 0 Å². The summed E-state index contributed by atoms with van der Waals surface area (Å²) < 4.78 is 2.16. The van der Waals surface area contributed by atoms with E-state index in [1.54, 1.807) is 7.05 Å². The van der Waals surface area contributed by atoms with Crippen LogP contribution in [-0.4, -0.2) is 27.0 Å². The van der Waals surface area contributed by atoms with E-state index < -0.39 is 17.2 Å². The predicted molar refractivity (Wildman–Crippen MR) is 79.2 cm³/mol. The van der Waals surface area contributed by atoms with Gasteiger partial charge in [0.15, 0.2) is 0 Å². The van der Waals surface area contributed by atoms with Gasteiger partial charge in [0.1, 0.15) is 5.56 Å². The average molecular weight is 287 g/mol. The number of carbonyl (C=O) groups excluding carboxylic acids is 1. The van der Waals surface area contributed by atoms with Crippen molar-refractivity contribution < 1.29 is 4.79 Å². The Morgan fingerprint density at radius 3 is 2.38 bits per heavy atom. The Balaban J connectivity index is 2.33. The standard InChI is InChI=1S/C15H17N3O3/c1-16(9-11-7-5-4-6-8-11)13(19)12-10-17(2)15(21)18(3)14(12)20/h4-8,10H,9H2,1-3H3. The number of benzene rings is 1. The molecule has 0 bridgehead atoms. The first-order valence-corrected chi connectivity index (χ1v) is 6.48. The zero-order valence-electron chi connectivity index (χ0n) is 12.2. The van der Waals surface area contributed by atoms with Crippen molar-refractivity contribution in [3.8, 4) is 0 Å². The molecular weight excluding hydrogens is 270 g/mol. The van der Waals surface area contributed by atoms with Crippen LogP contribution in [0.5, 0.6) is 0 Å². The molecule has 0 saturated heterocycles. The van der Waals surface area contributed by atoms with Gasteiger partial charge in [-0.25, -0.2) is 4.79 Å². The molecule has 6 nitrogen and oxygen atoms in total. The molecule has 1 heterocycles. The fourth-order valence-corrected chi connectivity index (χ4v) is 2.09. The molecule has 110 valence electrons. The summed E-state index contributed by atoms with van der Waals surface area (Å²) in [5.74, 6) is -0.407. The molecule has 1 amide bonds. The molecule has 0 spiro atoms. The minimum absolute atomic E-state index is 0.0157. The maximum Gasteiger partial charge on any atom is 0.330 e. The molecule has 0 aliphatic carbocycles. The Kier molecular flexibility index (Phi) is 4.07. The highest BCUT2D eigenvalue weighted by Gasteiger charge is 2.18. The van der Waals surface area contributed by atoms with Crippen molar-refractivity contribution in [2.45, 2.75) is 6.54 Å². The minimum atomic E-state index is -0.581. The molecule has 0 saturated carbocycles. The van der Waals surface area contributed by atoms with Crippen molar-refractivity contribution in [3.63, 3.8) is 0 Å². The first kappa shape index (κ1) is 14.8. The molecule has 0 radical (unpaired) electrons. The zero-order chi connectivity index (χ0) is 15.6. The van der Waals surface area contributed by atoms with E-state index in [4.69, 9.17) is 0 Å². The summed E-state index contributed by atoms with van der Waals surface area (Å²) in [5, 5.41) is 0. The van der Waals surface area contributed by atoms with Gasteiger partial charge in [0.05, 0.1) is 0 Å². The third kappa shape index (κ3) is 2.94. The average Bonchev–Trinajstić information content (AvgIpc) is 2.49. The SMILES string of the molecule is CN(Cc1ccccc1)C(=O)c1cn(C)c(=O)n(C)c1=O. The minimum Gasteiger partial charge on any atom is -0.337 e. The summed E-state index contributed by atoms with van der Waals surface area (Å²) in [5.41, 5.74) is -0.0849. The summed E-state index contributed by atoms with van der Waals surface area (Å²) in [6.45, 7) is 0.395. The Morgan fingerprint density at radius 1 is 1.14 bits per heavy atom. The van der Waals surface area contributed by atoms with Gasteiger partial charge in [-0.15, -0.1) is 0 Å². The largest absolute Gasteiger partial charge is 0.337 e. The quantitative estimate of drug-likeness (QED) is 0.818. The number of hydrogen-bond donors (Lipinski definition) is 0. The Bertz CT molecular complexity index is 775. The van der Waals surface area contributed by atoms with Crippen molar-refractivity contribution >= 4 is 5.91 Å². The highest BCUT2D eigenvalue weighted by atomic mass is 16.2. The lowest BCUT2D eigenvalue weighted by molar-refractivity contribution is 0.0781. The molecule has 2 rings (SSSR count). The van der Waals surface area contributed by atoms with E-state index in [1.807, 2.05) is 30.3 Å². The fourth-order valence-electron chi connectivity index (χ4n) is 2.09. The first-order valence-electron chi connectivity index (χ1n) is 6.48. The van der Waals surface area contributed by atoms with Crippen LogP contribution in [0.15, 0.2) is 46.1 Å². The fraction of sp³-hybridized carbons (Fsp3) is 0.267. The normalized spacial score (nSPS) is 10.4. The van der Waals surface area contributed by atoms with Gasteiger partial charge in [0, 0.05) is 33.9 Å². The lowest BCUT2D eigenvalue weighted by Gasteiger charge is -2.17. The summed E-state index contributed by atoms with van der Waals surface area (Å²) in [6, 6.07) is 9.48. The molecule has 2 aromatic rings. The maximum atomic E-state index is 12.4. The van der Waals surface area contributed by atoms with E-state index in [9.17, 15) is 14.4 Å². The molecular formula is C15H17N3O3. The van der Waals surface area contributed by atoms with Gasteiger partial charge in [-0.2, -0.15) is 0 Å². The maximum absolute atomic E-state index is 12.4. The molecule has 0 aliphatic heterocycles. The van der Waals surface area contributed by atoms with Gasteiger partial charge < -0.3 is 9.47 Å². The second-order valence-corrected chi connectivity index (χ2v) is 4.95. The van der Waals surface area contributed by atoms with Crippen molar-refractivity contribution in [2.24, 2.45) is 14.1 Å². The number of rotatable bonds is 3. The van der Waals surface area contributed by atoms with E-state index in [2.05, 4.69) is 0 Å². The van der Waals surface area contributed by atoms with Crippen molar-refractivity contribution in [3.05, 3.63) is 68.5 Å². The molecule has 0 N–H and O–H groups in total. The molecule has 21 heavy (non-hydrogen) atoms. The summed E-state index contributed by atoms with van der Waals surface area (Å²) in [6.07, 6.45) is 1.29. The molecule has 1 aromatic carbocycles. The lowest BCUT2D eigenvalue weighted by Crippen LogP contribution is -2.42. The number of nitrogens with zero attached hydrogens (tertiary/aromatic N) is 3. The van der Waals surface area contributed by atoms with Crippen LogP contribution in [-0.2, 0) is 20.6 Å². The molecule has 0 aliphatic rings. The highest BCUT2D eigenvalue weighted by molar-refractivity contribution is 5.93. The third-order valence-electron chi connectivity index (χ3n) is 3.29. The second kappa shape index (κ2) is 5.78. The van der Waals surface area contributed by atoms with E-state index in [-0.39, 0.29) is 5.56 Å². The van der Waals surface area contributed by atoms with Crippen LogP contribution in [0, 0.1) is 0 Å². The molecule has 0 unspecified atom stereocenters. The topological polar surface area (TPSA) is 64.3 Å². The Morgan fingerprint density at radius 2 is 1.76 bits per heavy atom. The van der Waals surface area contributed by atoms with E-state index >= 15 is 0 Å². The van der Waals surface area contributed by atoms with Crippen LogP contribution in [0.3, 0.4) is 0 Å². The summed E-state index contributed by atoms with van der Waals surface area (Å²) in [7, 11) is 4.49. The van der Waals surface area contributed by atoms with Gasteiger partial charge in [-0.05, 0) is 5.56 Å². The smallest absolute Gasteiger partial charge is 0.330 e. The van der Waals surface area contributed by atoms with Gasteiger partial charge in [-0.3, -0.25) is 14.2 Å². The molecule has 0 fully saturated rings. The monoisotopic (exact) mass is 287 g/mol. The highest BCUT2D eigenvalue weighted by Crippen LogP contribution is 2.05. The number of amides is 1. The summed E-state index contributed by atoms with van der Waals surface area (Å²) in [4.78, 5) is 37.5. The number of aromatic nitrogens is 2. The van der Waals surface area contributed by atoms with Crippen molar-refractivity contribution in [2.75, 3.05) is 7.05 Å². The van der Waals surface area contributed by atoms with Crippen molar-refractivity contribution in [1.82, 2.24) is 14.0 Å². The second-order valence-electron chi connectivity index (χ2n) is 4.95. The van der Waals surface area contributed by atoms with Crippen LogP contribution in [0.1, 0.15) is 15.9 Å².